The summed E-state index contributed by atoms with van der Waals surface area (Å²) in [5.74, 6) is -2.79. The molecule has 20 heteroatoms. The molecule has 1 aliphatic carbocycles. The second-order valence-electron chi connectivity index (χ2n) is 12.8. The van der Waals surface area contributed by atoms with E-state index in [0.717, 1.165) is 42.6 Å². The van der Waals surface area contributed by atoms with Crippen molar-refractivity contribution in [3.63, 3.8) is 0 Å². The van der Waals surface area contributed by atoms with Crippen LogP contribution in [0.4, 0.5) is 5.13 Å². The Hall–Kier alpha value is -4.37. The quantitative estimate of drug-likeness (QED) is 0.0493. The number of hydrogen-bond acceptors (Lipinski definition) is 14. The van der Waals surface area contributed by atoms with E-state index < -0.39 is 57.2 Å². The minimum absolute atomic E-state index is 0.0568. The summed E-state index contributed by atoms with van der Waals surface area (Å²) >= 11 is 0.963. The molecule has 3 atom stereocenters. The van der Waals surface area contributed by atoms with Gasteiger partial charge in [-0.3, -0.25) is 19.6 Å². The molecule has 18 nitrogen and oxygen atoms in total. The van der Waals surface area contributed by atoms with Gasteiger partial charge in [0.25, 0.3) is 17.4 Å². The van der Waals surface area contributed by atoms with Gasteiger partial charge in [-0.25, -0.2) is 9.78 Å². The molecule has 1 saturated heterocycles. The van der Waals surface area contributed by atoms with Crippen molar-refractivity contribution in [2.45, 2.75) is 88.1 Å². The first-order valence-electron chi connectivity index (χ1n) is 15.3. The highest BCUT2D eigenvalue weighted by atomic mass is 32.3. The van der Waals surface area contributed by atoms with Crippen LogP contribution in [0.2, 0.25) is 0 Å². The van der Waals surface area contributed by atoms with Crippen LogP contribution in [0.25, 0.3) is 0 Å². The van der Waals surface area contributed by atoms with Crippen molar-refractivity contribution in [1.29, 1.82) is 5.41 Å². The summed E-state index contributed by atoms with van der Waals surface area (Å²) in [6.07, 6.45) is 3.23. The molecule has 2 aromatic rings. The number of amides is 2. The first-order chi connectivity index (χ1) is 22.9. The number of aliphatic carboxylic acids is 1. The SMILES string of the molecule is CC1(C)[C@H](NC(=O)/C(=N\O[C@](C)(C(=O)O)[C@H]2CCc3cc(C(=N)NC4(CCN)CCC4)ccc3O2)c2csc(N)n2)C(=O)N1OS(=O)(=O)O. The third-order valence-corrected chi connectivity index (χ3v) is 10.1. The van der Waals surface area contributed by atoms with E-state index in [1.807, 2.05) is 6.07 Å². The number of fused-ring (bicyclic) bond motifs is 1. The number of thiazole rings is 1. The predicted octanol–water partition coefficient (Wildman–Crippen LogP) is 0.710. The lowest BCUT2D eigenvalue weighted by Crippen LogP contribution is -2.76. The number of carboxylic acids is 1. The Labute approximate surface area is 285 Å². The Morgan fingerprint density at radius 1 is 1.33 bits per heavy atom. The first kappa shape index (κ1) is 35.9. The number of carboxylic acid groups (broad SMARTS) is 1. The molecule has 0 bridgehead atoms. The number of oxime groups is 1. The number of carbonyl (C=O) groups excluding carboxylic acids is 2. The van der Waals surface area contributed by atoms with Gasteiger partial charge in [0.2, 0.25) is 0 Å². The summed E-state index contributed by atoms with van der Waals surface area (Å²) in [5, 5.41) is 30.4. The molecule has 266 valence electrons. The van der Waals surface area contributed by atoms with Gasteiger partial charge in [-0.05, 0) is 89.6 Å². The zero-order valence-electron chi connectivity index (χ0n) is 26.9. The van der Waals surface area contributed by atoms with E-state index in [-0.39, 0.29) is 28.6 Å². The summed E-state index contributed by atoms with van der Waals surface area (Å²) < 4.78 is 41.7. The van der Waals surface area contributed by atoms with Gasteiger partial charge in [-0.1, -0.05) is 5.16 Å². The van der Waals surface area contributed by atoms with E-state index in [9.17, 15) is 27.9 Å². The van der Waals surface area contributed by atoms with Gasteiger partial charge in [0.05, 0.1) is 5.54 Å². The molecule has 49 heavy (non-hydrogen) atoms. The molecule has 3 aliphatic rings. The van der Waals surface area contributed by atoms with E-state index in [1.54, 1.807) is 12.1 Å². The maximum Gasteiger partial charge on any atom is 0.418 e. The van der Waals surface area contributed by atoms with Crippen molar-refractivity contribution in [3.8, 4) is 5.75 Å². The maximum atomic E-state index is 13.5. The Morgan fingerprint density at radius 3 is 2.59 bits per heavy atom. The zero-order chi connectivity index (χ0) is 35.9. The smallest absolute Gasteiger partial charge is 0.418 e. The third kappa shape index (κ3) is 7.18. The number of ether oxygens (including phenoxy) is 1. The minimum atomic E-state index is -5.03. The fourth-order valence-electron chi connectivity index (χ4n) is 5.98. The first-order valence-corrected chi connectivity index (χ1v) is 17.5. The van der Waals surface area contributed by atoms with E-state index in [4.69, 9.17) is 31.0 Å². The number of β-lactam (4-membered cyclic amide) rings is 1. The van der Waals surface area contributed by atoms with Gasteiger partial charge in [0.1, 0.15) is 23.3 Å². The zero-order valence-corrected chi connectivity index (χ0v) is 28.5. The van der Waals surface area contributed by atoms with Crippen LogP contribution in [0, 0.1) is 5.41 Å². The molecular weight excluding hydrogens is 684 g/mol. The Balaban J connectivity index is 1.34. The second-order valence-corrected chi connectivity index (χ2v) is 14.7. The van der Waals surface area contributed by atoms with Crippen LogP contribution < -0.4 is 26.8 Å². The van der Waals surface area contributed by atoms with Crippen molar-refractivity contribution in [2.24, 2.45) is 10.9 Å². The van der Waals surface area contributed by atoms with E-state index in [2.05, 4.69) is 25.1 Å². The highest BCUT2D eigenvalue weighted by Gasteiger charge is 2.58. The van der Waals surface area contributed by atoms with Crippen molar-refractivity contribution in [2.75, 3.05) is 12.3 Å². The summed E-state index contributed by atoms with van der Waals surface area (Å²) in [7, 11) is -5.03. The van der Waals surface area contributed by atoms with Crippen molar-refractivity contribution in [1.82, 2.24) is 20.7 Å². The number of nitrogens with two attached hydrogens (primary N) is 2. The van der Waals surface area contributed by atoms with Gasteiger partial charge in [-0.15, -0.1) is 15.6 Å². The molecule has 1 aromatic carbocycles. The summed E-state index contributed by atoms with van der Waals surface area (Å²) in [6, 6.07) is 3.86. The number of carbonyl (C=O) groups is 3. The summed E-state index contributed by atoms with van der Waals surface area (Å²) in [6.45, 7) is 4.50. The normalized spacial score (nSPS) is 22.3. The molecule has 0 unspecified atom stereocenters. The number of nitrogens with one attached hydrogen (secondary N) is 3. The maximum absolute atomic E-state index is 13.5. The summed E-state index contributed by atoms with van der Waals surface area (Å²) in [5.41, 5.74) is 8.63. The average Bonchev–Trinajstić information content (AvgIpc) is 3.45. The van der Waals surface area contributed by atoms with Gasteiger partial charge in [0, 0.05) is 16.5 Å². The van der Waals surface area contributed by atoms with Crippen molar-refractivity contribution >= 4 is 56.2 Å². The number of hydroxylamine groups is 2. The fourth-order valence-corrected chi connectivity index (χ4v) is 6.98. The fraction of sp³-hybridized carbons (Fsp3) is 0.517. The molecule has 2 fully saturated rings. The molecule has 5 rings (SSSR count). The largest absolute Gasteiger partial charge is 0.485 e. The number of aryl methyl sites for hydroxylation is 1. The van der Waals surface area contributed by atoms with E-state index in [0.29, 0.717) is 29.3 Å². The van der Waals surface area contributed by atoms with Crippen molar-refractivity contribution in [3.05, 3.63) is 40.4 Å². The molecule has 0 radical (unpaired) electrons. The van der Waals surface area contributed by atoms with E-state index >= 15 is 0 Å². The van der Waals surface area contributed by atoms with Crippen LogP contribution in [-0.2, 0) is 40.3 Å². The number of benzene rings is 1. The number of nitrogen functional groups attached to an aromatic ring is 1. The third-order valence-electron chi connectivity index (χ3n) is 9.08. The van der Waals surface area contributed by atoms with Crippen molar-refractivity contribution < 1.29 is 46.3 Å². The number of aromatic nitrogens is 1. The standard InChI is InChI=1S/C29H38N8O10S2/c1-27(2)21(24(39)37(27)47-49(42,43)44)34-23(38)20(17-14-48-26(32)33-17)36-46-28(3,25(40)41)19-8-6-15-13-16(5-7-18(15)45-19)22(31)35-29(11-12-30)9-4-10-29/h5,7,13-14,19,21H,4,6,8-12,30H2,1-3H3,(H2,31,35)(H2,32,33)(H,34,38)(H,40,41)(H,42,43,44)/b36-20-/t19-,21-,28+/m1/s1. The number of rotatable bonds is 13. The number of nitrogens with zero attached hydrogens (tertiary/aromatic N) is 3. The minimum Gasteiger partial charge on any atom is -0.485 e. The lowest BCUT2D eigenvalue weighted by atomic mass is 9.74. The highest BCUT2D eigenvalue weighted by Crippen LogP contribution is 2.37. The van der Waals surface area contributed by atoms with Crippen LogP contribution in [0.5, 0.6) is 5.75 Å². The van der Waals surface area contributed by atoms with Gasteiger partial charge >= 0.3 is 16.4 Å². The van der Waals surface area contributed by atoms with E-state index in [1.165, 1.54) is 26.2 Å². The molecule has 2 aliphatic heterocycles. The number of amidine groups is 1. The van der Waals surface area contributed by atoms with Gasteiger partial charge < -0.3 is 36.8 Å². The molecule has 1 aromatic heterocycles. The molecule has 9 N–H and O–H groups in total. The topological polar surface area (TPSA) is 282 Å². The lowest BCUT2D eigenvalue weighted by molar-refractivity contribution is -0.218. The van der Waals surface area contributed by atoms with Crippen LogP contribution in [0.1, 0.15) is 69.7 Å². The van der Waals surface area contributed by atoms with Gasteiger partial charge in [0.15, 0.2) is 16.9 Å². The molecule has 1 saturated carbocycles. The second kappa shape index (κ2) is 13.2. The number of anilines is 1. The highest BCUT2D eigenvalue weighted by molar-refractivity contribution is 7.80. The monoisotopic (exact) mass is 722 g/mol. The molecule has 3 heterocycles. The average molecular weight is 723 g/mol. The predicted molar refractivity (Wildman–Crippen MR) is 175 cm³/mol. The molecule has 0 spiro atoms. The summed E-state index contributed by atoms with van der Waals surface area (Å²) in [4.78, 5) is 48.3. The van der Waals surface area contributed by atoms with Crippen LogP contribution in [0.15, 0.2) is 28.7 Å². The Bertz CT molecular complexity index is 1810. The number of hydrogen-bond donors (Lipinski definition) is 7. The molecular formula is C29H38N8O10S2. The van der Waals surface area contributed by atoms with Crippen LogP contribution in [0.3, 0.4) is 0 Å². The van der Waals surface area contributed by atoms with Crippen LogP contribution in [-0.4, -0.2) is 92.8 Å². The Morgan fingerprint density at radius 2 is 2.04 bits per heavy atom. The Kier molecular flexibility index (Phi) is 9.65. The van der Waals surface area contributed by atoms with Gasteiger partial charge in [-0.2, -0.15) is 13.5 Å². The lowest BCUT2D eigenvalue weighted by Gasteiger charge is -2.50. The van der Waals surface area contributed by atoms with Crippen LogP contribution >= 0.6 is 11.3 Å². The molecule has 2 amide bonds.